The Bertz CT molecular complexity index is 19.1. The third-order valence-corrected chi connectivity index (χ3v) is 0. The Morgan fingerprint density at radius 1 is 0.800 bits per heavy atom. The van der Waals surface area contributed by atoms with Crippen LogP contribution in [0.3, 0.4) is 0 Å². The van der Waals surface area contributed by atoms with E-state index < -0.39 is 6.94 Å². The number of hydrogen-bond donors (Lipinski definition) is 0. The first-order valence-corrected chi connectivity index (χ1v) is 15.5. The molecule has 0 atom stereocenters. The minimum atomic E-state index is -1.53. The fourth-order valence-corrected chi connectivity index (χ4v) is 0. The van der Waals surface area contributed by atoms with Gasteiger partial charge < -0.3 is 0 Å². The summed E-state index contributed by atoms with van der Waals surface area (Å²) < 4.78 is 0. The predicted octanol–water partition coefficient (Wildman–Crippen LogP) is 3.38. The normalized spacial score (nSPS) is 15.2. The third-order valence-electron chi connectivity index (χ3n) is 0. The van der Waals surface area contributed by atoms with Crippen molar-refractivity contribution in [2.24, 2.45) is 0 Å². The summed E-state index contributed by atoms with van der Waals surface area (Å²) in [5.41, 5.74) is 0. The van der Waals surface area contributed by atoms with Gasteiger partial charge in [-0.3, -0.25) is 0 Å². The summed E-state index contributed by atoms with van der Waals surface area (Å²) in [5.74, 6) is 0. The SMILES string of the molecule is [Br][Rh]([Br])([Br])[Br]. The van der Waals surface area contributed by atoms with Crippen molar-refractivity contribution in [3.8, 4) is 0 Å². The number of hydrogen-bond acceptors (Lipinski definition) is 0. The molecule has 0 N–H and O–H groups in total. The standard InChI is InChI=1S/4BrH.Rh/h4*1H;/q;;;;+4/p-4. The summed E-state index contributed by atoms with van der Waals surface area (Å²) in [5, 5.41) is 0. The molecule has 0 nitrogen and oxygen atoms in total. The molecule has 5 heteroatoms. The van der Waals surface area contributed by atoms with Gasteiger partial charge in [-0.2, -0.15) is 0 Å². The molecule has 0 unspecified atom stereocenters. The van der Waals surface area contributed by atoms with Crippen molar-refractivity contribution in [2.75, 3.05) is 0 Å². The van der Waals surface area contributed by atoms with E-state index in [9.17, 15) is 0 Å². The molecule has 0 heterocycles. The molecule has 0 fully saturated rings. The minimum absolute atomic E-state index is 1.53. The Balaban J connectivity index is 3.02. The quantitative estimate of drug-likeness (QED) is 0.525. The summed E-state index contributed by atoms with van der Waals surface area (Å²) in [6.45, 7) is -1.53. The summed E-state index contributed by atoms with van der Waals surface area (Å²) >= 11 is 13.1. The summed E-state index contributed by atoms with van der Waals surface area (Å²) in [4.78, 5) is 0. The Labute approximate surface area is 60.3 Å². The second-order valence-electron chi connectivity index (χ2n) is 0.286. The molecular weight excluding hydrogens is 423 g/mol. The van der Waals surface area contributed by atoms with E-state index in [1.807, 2.05) is 0 Å². The van der Waals surface area contributed by atoms with Gasteiger partial charge in [-0.15, -0.1) is 0 Å². The van der Waals surface area contributed by atoms with Crippen LogP contribution in [0.5, 0.6) is 0 Å². The van der Waals surface area contributed by atoms with E-state index in [4.69, 9.17) is 0 Å². The molecule has 0 aliphatic rings. The molecule has 0 spiro atoms. The first-order chi connectivity index (χ1) is 2.00. The van der Waals surface area contributed by atoms with Crippen LogP contribution >= 0.6 is 54.5 Å². The Kier molecular flexibility index (Phi) is 4.16. The van der Waals surface area contributed by atoms with Gasteiger partial charge in [0, 0.05) is 0 Å². The van der Waals surface area contributed by atoms with Gasteiger partial charge in [-0.05, 0) is 0 Å². The molecule has 5 heavy (non-hydrogen) atoms. The fourth-order valence-electron chi connectivity index (χ4n) is 0. The second-order valence-corrected chi connectivity index (χ2v) is 45.6. The van der Waals surface area contributed by atoms with Crippen LogP contribution in [0.25, 0.3) is 0 Å². The summed E-state index contributed by atoms with van der Waals surface area (Å²) in [6.07, 6.45) is 0. The molecule has 0 aliphatic heterocycles. The molecule has 0 saturated heterocycles. The van der Waals surface area contributed by atoms with Gasteiger partial charge in [0.1, 0.15) is 0 Å². The van der Waals surface area contributed by atoms with E-state index in [1.165, 1.54) is 0 Å². The van der Waals surface area contributed by atoms with Crippen molar-refractivity contribution in [3.63, 3.8) is 0 Å². The number of rotatable bonds is 0. The molecule has 0 aromatic carbocycles. The van der Waals surface area contributed by atoms with Gasteiger partial charge in [-0.1, -0.05) is 0 Å². The average Bonchev–Trinajstić information content (AvgIpc) is 0.722. The van der Waals surface area contributed by atoms with Crippen molar-refractivity contribution in [1.29, 1.82) is 0 Å². The predicted molar refractivity (Wildman–Crippen MR) is 35.7 cm³/mol. The van der Waals surface area contributed by atoms with Gasteiger partial charge in [0.25, 0.3) is 0 Å². The van der Waals surface area contributed by atoms with Crippen molar-refractivity contribution in [3.05, 3.63) is 0 Å². The summed E-state index contributed by atoms with van der Waals surface area (Å²) in [7, 11) is 0. The van der Waals surface area contributed by atoms with E-state index in [0.29, 0.717) is 0 Å². The Morgan fingerprint density at radius 3 is 0.800 bits per heavy atom. The summed E-state index contributed by atoms with van der Waals surface area (Å²) in [6, 6.07) is 0. The molecule has 37 valence electrons. The monoisotopic (exact) mass is 419 g/mol. The van der Waals surface area contributed by atoms with E-state index >= 15 is 0 Å². The average molecular weight is 423 g/mol. The van der Waals surface area contributed by atoms with Gasteiger partial charge in [0.05, 0.1) is 0 Å². The van der Waals surface area contributed by atoms with Crippen LogP contribution in [0, 0.1) is 0 Å². The van der Waals surface area contributed by atoms with Crippen molar-refractivity contribution < 1.29 is 6.94 Å². The van der Waals surface area contributed by atoms with E-state index in [-0.39, 0.29) is 0 Å². The molecule has 0 rings (SSSR count). The number of halogens is 4. The van der Waals surface area contributed by atoms with Crippen LogP contribution in [0.2, 0.25) is 0 Å². The second kappa shape index (κ2) is 2.75. The first-order valence-electron chi connectivity index (χ1n) is 0.504. The topological polar surface area (TPSA) is 0 Å². The van der Waals surface area contributed by atoms with Gasteiger partial charge in [-0.25, -0.2) is 0 Å². The van der Waals surface area contributed by atoms with E-state index in [2.05, 4.69) is 54.5 Å². The zero-order chi connectivity index (χ0) is 4.50. The van der Waals surface area contributed by atoms with Crippen LogP contribution in [0.1, 0.15) is 0 Å². The van der Waals surface area contributed by atoms with Crippen molar-refractivity contribution in [1.82, 2.24) is 0 Å². The molecule has 0 aromatic heterocycles. The zero-order valence-electron chi connectivity index (χ0n) is 1.85. The molecule has 0 aliphatic carbocycles. The van der Waals surface area contributed by atoms with Crippen LogP contribution < -0.4 is 0 Å². The van der Waals surface area contributed by atoms with Crippen molar-refractivity contribution >= 4 is 54.5 Å². The molecule has 0 radical (unpaired) electrons. The first kappa shape index (κ1) is 7.54. The molecular formula is Br4Rh. The van der Waals surface area contributed by atoms with Gasteiger partial charge in [0.15, 0.2) is 0 Å². The van der Waals surface area contributed by atoms with E-state index in [1.54, 1.807) is 0 Å². The third kappa shape index (κ3) is 20.9. The maximum absolute atomic E-state index is 3.28. The Morgan fingerprint density at radius 2 is 0.800 bits per heavy atom. The van der Waals surface area contributed by atoms with Gasteiger partial charge >= 0.3 is 61.4 Å². The molecule has 0 saturated carbocycles. The van der Waals surface area contributed by atoms with E-state index in [0.717, 1.165) is 0 Å². The van der Waals surface area contributed by atoms with Crippen LogP contribution in [0.4, 0.5) is 0 Å². The fraction of sp³-hybridized carbons (Fsp3) is 0. The maximum atomic E-state index is 3.28. The Hall–Kier alpha value is 2.54. The molecule has 0 amide bonds. The van der Waals surface area contributed by atoms with Crippen molar-refractivity contribution in [2.45, 2.75) is 0 Å². The van der Waals surface area contributed by atoms with Crippen LogP contribution in [-0.4, -0.2) is 0 Å². The molecule has 0 aromatic rings. The van der Waals surface area contributed by atoms with Gasteiger partial charge in [0.2, 0.25) is 0 Å². The molecule has 0 bridgehead atoms. The van der Waals surface area contributed by atoms with Crippen LogP contribution in [0.15, 0.2) is 0 Å². The zero-order valence-corrected chi connectivity index (χ0v) is 9.83. The van der Waals surface area contributed by atoms with Crippen LogP contribution in [-0.2, 0) is 6.94 Å².